The maximum absolute atomic E-state index is 11.7. The van der Waals surface area contributed by atoms with Crippen LogP contribution in [0, 0.1) is 0 Å². The van der Waals surface area contributed by atoms with Crippen molar-refractivity contribution < 1.29 is 9.53 Å². The Morgan fingerprint density at radius 2 is 1.80 bits per heavy atom. The van der Waals surface area contributed by atoms with Crippen molar-refractivity contribution in [1.29, 1.82) is 0 Å². The van der Waals surface area contributed by atoms with E-state index in [9.17, 15) is 4.79 Å². The van der Waals surface area contributed by atoms with E-state index in [4.69, 9.17) is 17.0 Å². The van der Waals surface area contributed by atoms with Crippen LogP contribution in [-0.4, -0.2) is 10.2 Å². The number of carbonyl (C=O) groups is 1. The van der Waals surface area contributed by atoms with E-state index >= 15 is 0 Å². The zero-order valence-electron chi connectivity index (χ0n) is 14.1. The summed E-state index contributed by atoms with van der Waals surface area (Å²) in [6.45, 7) is 4.86. The lowest BCUT2D eigenvalue weighted by Crippen LogP contribution is -2.17. The molecule has 5 heteroatoms. The van der Waals surface area contributed by atoms with Crippen LogP contribution in [0.3, 0.4) is 0 Å². The Balaban J connectivity index is 1.60. The van der Waals surface area contributed by atoms with Crippen molar-refractivity contribution in [2.75, 3.05) is 0 Å². The minimum atomic E-state index is -0.132. The Bertz CT molecular complexity index is 809. The number of benzene rings is 2. The Hall–Kier alpha value is -2.11. The van der Waals surface area contributed by atoms with E-state index in [0.29, 0.717) is 21.8 Å². The molecule has 0 spiro atoms. The van der Waals surface area contributed by atoms with Crippen LogP contribution in [0.4, 0.5) is 0 Å². The van der Waals surface area contributed by atoms with E-state index in [1.807, 2.05) is 42.5 Å². The first-order valence-electron chi connectivity index (χ1n) is 8.08. The molecule has 0 aliphatic carbocycles. The summed E-state index contributed by atoms with van der Waals surface area (Å²) in [4.78, 5) is 12.3. The molecule has 0 atom stereocenters. The average molecular weight is 370 g/mol. The molecule has 1 fully saturated rings. The van der Waals surface area contributed by atoms with Crippen molar-refractivity contribution in [3.8, 4) is 5.75 Å². The first-order chi connectivity index (χ1) is 12.0. The molecule has 2 aromatic carbocycles. The molecule has 1 saturated heterocycles. The van der Waals surface area contributed by atoms with Crippen molar-refractivity contribution in [2.24, 2.45) is 0 Å². The molecular weight excluding hydrogens is 350 g/mol. The van der Waals surface area contributed by atoms with Gasteiger partial charge in [-0.25, -0.2) is 0 Å². The van der Waals surface area contributed by atoms with Gasteiger partial charge in [-0.1, -0.05) is 74.2 Å². The van der Waals surface area contributed by atoms with Crippen molar-refractivity contribution >= 4 is 40.3 Å². The zero-order chi connectivity index (χ0) is 17.8. The topological polar surface area (TPSA) is 38.3 Å². The highest BCUT2D eigenvalue weighted by atomic mass is 32.2. The molecule has 0 saturated carbocycles. The van der Waals surface area contributed by atoms with E-state index in [0.717, 1.165) is 16.9 Å². The normalized spacial score (nSPS) is 15.7. The summed E-state index contributed by atoms with van der Waals surface area (Å²) in [5.41, 5.74) is 3.35. The second kappa shape index (κ2) is 7.85. The number of hydrogen-bond acceptors (Lipinski definition) is 4. The third-order valence-corrected chi connectivity index (χ3v) is 5.03. The molecule has 128 valence electrons. The predicted octanol–water partition coefficient (Wildman–Crippen LogP) is 4.88. The summed E-state index contributed by atoms with van der Waals surface area (Å²) < 4.78 is 6.33. The van der Waals surface area contributed by atoms with Gasteiger partial charge in [-0.05, 0) is 40.8 Å². The number of thiocarbonyl (C=S) groups is 1. The van der Waals surface area contributed by atoms with Crippen LogP contribution in [0.25, 0.3) is 6.08 Å². The van der Waals surface area contributed by atoms with Crippen molar-refractivity contribution in [2.45, 2.75) is 26.4 Å². The molecule has 0 radical (unpaired) electrons. The summed E-state index contributed by atoms with van der Waals surface area (Å²) in [7, 11) is 0. The molecule has 0 aromatic heterocycles. The molecule has 25 heavy (non-hydrogen) atoms. The molecule has 3 nitrogen and oxygen atoms in total. The Kier molecular flexibility index (Phi) is 5.56. The maximum atomic E-state index is 11.7. The number of thioether (sulfide) groups is 1. The molecule has 0 unspecified atom stereocenters. The molecule has 2 aromatic rings. The van der Waals surface area contributed by atoms with Crippen LogP contribution in [0.15, 0.2) is 53.4 Å². The molecule has 0 bridgehead atoms. The van der Waals surface area contributed by atoms with Crippen LogP contribution in [0.1, 0.15) is 36.5 Å². The number of rotatable bonds is 5. The molecule has 3 rings (SSSR count). The number of hydrogen-bond donors (Lipinski definition) is 1. The molecule has 1 aliphatic rings. The minimum absolute atomic E-state index is 0.132. The van der Waals surface area contributed by atoms with Gasteiger partial charge >= 0.3 is 0 Å². The van der Waals surface area contributed by atoms with E-state index in [1.165, 1.54) is 17.3 Å². The van der Waals surface area contributed by atoms with Gasteiger partial charge in [-0.15, -0.1) is 0 Å². The van der Waals surface area contributed by atoms with E-state index in [1.54, 1.807) is 0 Å². The van der Waals surface area contributed by atoms with E-state index in [-0.39, 0.29) is 5.91 Å². The lowest BCUT2D eigenvalue weighted by atomic mass is 10.0. The zero-order valence-corrected chi connectivity index (χ0v) is 15.7. The molecule has 1 aliphatic heterocycles. The maximum Gasteiger partial charge on any atom is 0.263 e. The lowest BCUT2D eigenvalue weighted by molar-refractivity contribution is -0.115. The largest absolute Gasteiger partial charge is 0.489 e. The third kappa shape index (κ3) is 4.71. The SMILES string of the molecule is CC(C)c1ccc(OCc2ccc(/C=C3\SC(=S)NC3=O)cc2)cc1. The third-order valence-electron chi connectivity index (χ3n) is 3.87. The Morgan fingerprint density at radius 3 is 2.36 bits per heavy atom. The average Bonchev–Trinajstić information content (AvgIpc) is 2.92. The van der Waals surface area contributed by atoms with E-state index in [2.05, 4.69) is 31.3 Å². The summed E-state index contributed by atoms with van der Waals surface area (Å²) in [6, 6.07) is 16.2. The van der Waals surface area contributed by atoms with Crippen LogP contribution in [-0.2, 0) is 11.4 Å². The van der Waals surface area contributed by atoms with Crippen molar-refractivity contribution in [1.82, 2.24) is 5.32 Å². The Morgan fingerprint density at radius 1 is 1.12 bits per heavy atom. The molecule has 1 amide bonds. The van der Waals surface area contributed by atoms with Gasteiger partial charge < -0.3 is 10.1 Å². The number of amides is 1. The quantitative estimate of drug-likeness (QED) is 0.602. The highest BCUT2D eigenvalue weighted by molar-refractivity contribution is 8.26. The van der Waals surface area contributed by atoms with Gasteiger partial charge in [0, 0.05) is 0 Å². The Labute approximate surface area is 157 Å². The second-order valence-corrected chi connectivity index (χ2v) is 7.83. The van der Waals surface area contributed by atoms with E-state index < -0.39 is 0 Å². The van der Waals surface area contributed by atoms with Crippen LogP contribution < -0.4 is 10.1 Å². The van der Waals surface area contributed by atoms with Gasteiger partial charge in [-0.2, -0.15) is 0 Å². The van der Waals surface area contributed by atoms with Gasteiger partial charge in [0.2, 0.25) is 0 Å². The fraction of sp³-hybridized carbons (Fsp3) is 0.200. The highest BCUT2D eigenvalue weighted by Crippen LogP contribution is 2.26. The summed E-state index contributed by atoms with van der Waals surface area (Å²) in [5, 5.41) is 2.61. The van der Waals surface area contributed by atoms with Crippen LogP contribution >= 0.6 is 24.0 Å². The fourth-order valence-electron chi connectivity index (χ4n) is 2.40. The molecule has 1 N–H and O–H groups in total. The van der Waals surface area contributed by atoms with Crippen LogP contribution in [0.2, 0.25) is 0 Å². The van der Waals surface area contributed by atoms with Gasteiger partial charge in [0.1, 0.15) is 16.7 Å². The summed E-state index contributed by atoms with van der Waals surface area (Å²) >= 11 is 6.28. The van der Waals surface area contributed by atoms with Gasteiger partial charge in [-0.3, -0.25) is 4.79 Å². The first kappa shape index (κ1) is 17.7. The molecule has 1 heterocycles. The lowest BCUT2D eigenvalue weighted by Gasteiger charge is -2.09. The fourth-order valence-corrected chi connectivity index (χ4v) is 3.44. The monoisotopic (exact) mass is 369 g/mol. The first-order valence-corrected chi connectivity index (χ1v) is 9.30. The molecular formula is C20H19NO2S2. The van der Waals surface area contributed by atoms with Crippen LogP contribution in [0.5, 0.6) is 5.75 Å². The van der Waals surface area contributed by atoms with Gasteiger partial charge in [0.05, 0.1) is 4.91 Å². The summed E-state index contributed by atoms with van der Waals surface area (Å²) in [6.07, 6.45) is 1.84. The number of carbonyl (C=O) groups excluding carboxylic acids is 1. The number of nitrogens with one attached hydrogen (secondary N) is 1. The van der Waals surface area contributed by atoms with Crippen molar-refractivity contribution in [3.63, 3.8) is 0 Å². The highest BCUT2D eigenvalue weighted by Gasteiger charge is 2.21. The van der Waals surface area contributed by atoms with Crippen molar-refractivity contribution in [3.05, 3.63) is 70.1 Å². The smallest absolute Gasteiger partial charge is 0.263 e. The van der Waals surface area contributed by atoms with Gasteiger partial charge in [0.25, 0.3) is 5.91 Å². The summed E-state index contributed by atoms with van der Waals surface area (Å²) in [5.74, 6) is 1.25. The minimum Gasteiger partial charge on any atom is -0.489 e. The van der Waals surface area contributed by atoms with Gasteiger partial charge in [0.15, 0.2) is 0 Å². The predicted molar refractivity (Wildman–Crippen MR) is 108 cm³/mol. The second-order valence-electron chi connectivity index (χ2n) is 6.11. The standard InChI is InChI=1S/C20H19NO2S2/c1-13(2)16-7-9-17(10-8-16)23-12-15-5-3-14(4-6-15)11-18-19(22)21-20(24)25-18/h3-11,13H,12H2,1-2H3,(H,21,22,24)/b18-11-. The number of ether oxygens (including phenoxy) is 1.